The number of benzene rings is 1. The van der Waals surface area contributed by atoms with Crippen LogP contribution < -0.4 is 5.32 Å². The molecule has 7 heteroatoms. The number of carboxylic acid groups (broad SMARTS) is 2. The lowest BCUT2D eigenvalue weighted by Crippen LogP contribution is -2.41. The lowest BCUT2D eigenvalue weighted by atomic mass is 10.0. The summed E-state index contributed by atoms with van der Waals surface area (Å²) in [6.07, 6.45) is 3.22. The van der Waals surface area contributed by atoms with Crippen molar-refractivity contribution in [3.8, 4) is 0 Å². The fraction of sp³-hybridized carbons (Fsp3) is 0.133. The Labute approximate surface area is 125 Å². The number of nitrogens with one attached hydrogen (secondary N) is 2. The molecule has 0 spiro atoms. The predicted molar refractivity (Wildman–Crippen MR) is 78.3 cm³/mol. The fourth-order valence-electron chi connectivity index (χ4n) is 2.09. The van der Waals surface area contributed by atoms with Crippen LogP contribution in [0.2, 0.25) is 0 Å². The van der Waals surface area contributed by atoms with Crippen LogP contribution in [-0.2, 0) is 20.8 Å². The molecule has 114 valence electrons. The van der Waals surface area contributed by atoms with Crippen molar-refractivity contribution in [2.75, 3.05) is 0 Å². The van der Waals surface area contributed by atoms with Gasteiger partial charge in [-0.1, -0.05) is 18.2 Å². The molecule has 0 saturated carbocycles. The zero-order valence-electron chi connectivity index (χ0n) is 11.4. The van der Waals surface area contributed by atoms with Crippen LogP contribution in [0.15, 0.2) is 42.6 Å². The van der Waals surface area contributed by atoms with Crippen molar-refractivity contribution in [2.24, 2.45) is 0 Å². The summed E-state index contributed by atoms with van der Waals surface area (Å²) in [6, 6.07) is 6.26. The monoisotopic (exact) mass is 302 g/mol. The van der Waals surface area contributed by atoms with Crippen LogP contribution in [0.5, 0.6) is 0 Å². The summed E-state index contributed by atoms with van der Waals surface area (Å²) in [5.74, 6) is -3.24. The van der Waals surface area contributed by atoms with Crippen LogP contribution in [0.25, 0.3) is 10.9 Å². The zero-order chi connectivity index (χ0) is 16.1. The van der Waals surface area contributed by atoms with Crippen LogP contribution in [0.3, 0.4) is 0 Å². The number of H-pyrrole nitrogens is 1. The van der Waals surface area contributed by atoms with Gasteiger partial charge in [0.25, 0.3) is 0 Å². The molecule has 0 aliphatic carbocycles. The summed E-state index contributed by atoms with van der Waals surface area (Å²) in [6.45, 7) is 0. The van der Waals surface area contributed by atoms with Crippen molar-refractivity contribution in [1.29, 1.82) is 0 Å². The SMILES string of the molecule is O=C(O)/C=C/C(=O)N[C@H](Cc1c[nH]c2ccccc12)C(=O)O. The van der Waals surface area contributed by atoms with E-state index in [-0.39, 0.29) is 6.42 Å². The molecule has 2 aromatic rings. The van der Waals surface area contributed by atoms with Gasteiger partial charge in [0, 0.05) is 35.7 Å². The minimum absolute atomic E-state index is 0.0893. The maximum absolute atomic E-state index is 11.5. The molecule has 0 unspecified atom stereocenters. The summed E-state index contributed by atoms with van der Waals surface area (Å²) in [5.41, 5.74) is 1.63. The van der Waals surface area contributed by atoms with Crippen molar-refractivity contribution in [2.45, 2.75) is 12.5 Å². The van der Waals surface area contributed by atoms with E-state index in [4.69, 9.17) is 5.11 Å². The average Bonchev–Trinajstić information content (AvgIpc) is 2.87. The smallest absolute Gasteiger partial charge is 0.328 e. The lowest BCUT2D eigenvalue weighted by Gasteiger charge is -2.12. The number of carbonyl (C=O) groups is 3. The molecule has 1 aromatic heterocycles. The van der Waals surface area contributed by atoms with Crippen molar-refractivity contribution >= 4 is 28.7 Å². The molecule has 0 saturated heterocycles. The van der Waals surface area contributed by atoms with E-state index in [1.165, 1.54) is 0 Å². The first-order valence-corrected chi connectivity index (χ1v) is 6.46. The number of fused-ring (bicyclic) bond motifs is 1. The van der Waals surface area contributed by atoms with Crippen LogP contribution in [0, 0.1) is 0 Å². The first kappa shape index (κ1) is 15.3. The second kappa shape index (κ2) is 6.57. The highest BCUT2D eigenvalue weighted by molar-refractivity contribution is 5.96. The van der Waals surface area contributed by atoms with Gasteiger partial charge in [-0.15, -0.1) is 0 Å². The number of para-hydroxylation sites is 1. The van der Waals surface area contributed by atoms with Gasteiger partial charge in [-0.3, -0.25) is 4.79 Å². The first-order chi connectivity index (χ1) is 10.5. The molecule has 1 atom stereocenters. The largest absolute Gasteiger partial charge is 0.480 e. The number of carboxylic acids is 2. The van der Waals surface area contributed by atoms with Gasteiger partial charge in [0.2, 0.25) is 5.91 Å². The van der Waals surface area contributed by atoms with E-state index in [1.54, 1.807) is 6.20 Å². The van der Waals surface area contributed by atoms with E-state index in [9.17, 15) is 19.5 Å². The molecule has 0 bridgehead atoms. The van der Waals surface area contributed by atoms with Crippen molar-refractivity contribution in [1.82, 2.24) is 10.3 Å². The molecule has 1 heterocycles. The third-order valence-corrected chi connectivity index (χ3v) is 3.09. The number of hydrogen-bond acceptors (Lipinski definition) is 3. The van der Waals surface area contributed by atoms with Crippen LogP contribution in [0.1, 0.15) is 5.56 Å². The molecule has 0 fully saturated rings. The van der Waals surface area contributed by atoms with Gasteiger partial charge in [0.15, 0.2) is 0 Å². The Hall–Kier alpha value is -3.09. The minimum atomic E-state index is -1.28. The van der Waals surface area contributed by atoms with Crippen molar-refractivity contribution in [3.63, 3.8) is 0 Å². The standard InChI is InChI=1S/C15H14N2O5/c18-13(5-6-14(19)20)17-12(15(21)22)7-9-8-16-11-4-2-1-3-10(9)11/h1-6,8,12,16H,7H2,(H,17,18)(H,19,20)(H,21,22)/b6-5+/t12-/m1/s1. The van der Waals surface area contributed by atoms with Crippen LogP contribution in [-0.4, -0.2) is 39.1 Å². The maximum Gasteiger partial charge on any atom is 0.328 e. The average molecular weight is 302 g/mol. The molecule has 2 rings (SSSR count). The van der Waals surface area contributed by atoms with E-state index in [0.29, 0.717) is 6.08 Å². The third kappa shape index (κ3) is 3.72. The van der Waals surface area contributed by atoms with Crippen LogP contribution >= 0.6 is 0 Å². The fourth-order valence-corrected chi connectivity index (χ4v) is 2.09. The number of rotatable bonds is 6. The van der Waals surface area contributed by atoms with Gasteiger partial charge in [-0.05, 0) is 11.6 Å². The predicted octanol–water partition coefficient (Wildman–Crippen LogP) is 0.921. The molecule has 22 heavy (non-hydrogen) atoms. The highest BCUT2D eigenvalue weighted by atomic mass is 16.4. The summed E-state index contributed by atoms with van der Waals surface area (Å²) in [4.78, 5) is 36.2. The van der Waals surface area contributed by atoms with Gasteiger partial charge in [-0.2, -0.15) is 0 Å². The van der Waals surface area contributed by atoms with E-state index in [0.717, 1.165) is 22.5 Å². The van der Waals surface area contributed by atoms with E-state index in [1.807, 2.05) is 24.3 Å². The summed E-state index contributed by atoms with van der Waals surface area (Å²) in [5, 5.41) is 20.8. The van der Waals surface area contributed by atoms with Crippen LogP contribution in [0.4, 0.5) is 0 Å². The van der Waals surface area contributed by atoms with E-state index >= 15 is 0 Å². The van der Waals surface area contributed by atoms with Gasteiger partial charge in [0.1, 0.15) is 6.04 Å². The molecule has 1 aromatic carbocycles. The van der Waals surface area contributed by atoms with Gasteiger partial charge < -0.3 is 20.5 Å². The Morgan fingerprint density at radius 3 is 2.59 bits per heavy atom. The number of amides is 1. The van der Waals surface area contributed by atoms with Crippen molar-refractivity contribution in [3.05, 3.63) is 48.2 Å². The summed E-state index contributed by atoms with van der Waals surface area (Å²) < 4.78 is 0. The minimum Gasteiger partial charge on any atom is -0.480 e. The number of aliphatic carboxylic acids is 2. The third-order valence-electron chi connectivity index (χ3n) is 3.09. The number of carbonyl (C=O) groups excluding carboxylic acids is 1. The molecular formula is C15H14N2O5. The summed E-state index contributed by atoms with van der Waals surface area (Å²) in [7, 11) is 0. The normalized spacial score (nSPS) is 12.4. The summed E-state index contributed by atoms with van der Waals surface area (Å²) >= 11 is 0. The Bertz CT molecular complexity index is 747. The molecule has 0 radical (unpaired) electrons. The molecule has 0 aliphatic rings. The van der Waals surface area contributed by atoms with Gasteiger partial charge in [-0.25, -0.2) is 9.59 Å². The lowest BCUT2D eigenvalue weighted by molar-refractivity contribution is -0.141. The number of hydrogen-bond donors (Lipinski definition) is 4. The van der Waals surface area contributed by atoms with Gasteiger partial charge in [0.05, 0.1) is 0 Å². The quantitative estimate of drug-likeness (QED) is 0.591. The second-order valence-corrected chi connectivity index (χ2v) is 4.63. The maximum atomic E-state index is 11.5. The number of aromatic nitrogens is 1. The Balaban J connectivity index is 2.14. The Morgan fingerprint density at radius 1 is 1.18 bits per heavy atom. The molecule has 1 amide bonds. The van der Waals surface area contributed by atoms with Gasteiger partial charge >= 0.3 is 11.9 Å². The zero-order valence-corrected chi connectivity index (χ0v) is 11.4. The highest BCUT2D eigenvalue weighted by Crippen LogP contribution is 2.19. The van der Waals surface area contributed by atoms with Crippen molar-refractivity contribution < 1.29 is 24.6 Å². The Morgan fingerprint density at radius 2 is 1.91 bits per heavy atom. The van der Waals surface area contributed by atoms with E-state index in [2.05, 4.69) is 10.3 Å². The number of aromatic amines is 1. The topological polar surface area (TPSA) is 119 Å². The first-order valence-electron chi connectivity index (χ1n) is 6.46. The van der Waals surface area contributed by atoms with E-state index < -0.39 is 23.9 Å². The molecule has 0 aliphatic heterocycles. The highest BCUT2D eigenvalue weighted by Gasteiger charge is 2.21. The second-order valence-electron chi connectivity index (χ2n) is 4.63. The molecule has 4 N–H and O–H groups in total. The molecule has 7 nitrogen and oxygen atoms in total. The Kier molecular flexibility index (Phi) is 4.57. The molecular weight excluding hydrogens is 288 g/mol.